The predicted octanol–water partition coefficient (Wildman–Crippen LogP) is 1.80. The highest BCUT2D eigenvalue weighted by atomic mass is 16.2. The minimum absolute atomic E-state index is 0.0124. The largest absolute Gasteiger partial charge is 0.351 e. The topological polar surface area (TPSA) is 59.0 Å². The van der Waals surface area contributed by atoms with Crippen molar-refractivity contribution in [1.82, 2.24) is 20.2 Å². The van der Waals surface area contributed by atoms with Crippen molar-refractivity contribution in [2.45, 2.75) is 59.2 Å². The molecule has 0 aliphatic carbocycles. The van der Waals surface area contributed by atoms with Crippen LogP contribution in [-0.4, -0.2) is 34.1 Å². The Morgan fingerprint density at radius 1 is 1.52 bits per heavy atom. The lowest BCUT2D eigenvalue weighted by Crippen LogP contribution is -2.50. The van der Waals surface area contributed by atoms with Crippen LogP contribution in [0.2, 0.25) is 0 Å². The molecule has 0 radical (unpaired) electrons. The van der Waals surface area contributed by atoms with E-state index < -0.39 is 0 Å². The summed E-state index contributed by atoms with van der Waals surface area (Å²) in [5.41, 5.74) is 0.0124. The minimum Gasteiger partial charge on any atom is -0.351 e. The third-order valence-electron chi connectivity index (χ3n) is 4.31. The summed E-state index contributed by atoms with van der Waals surface area (Å²) in [7, 11) is 0. The summed E-state index contributed by atoms with van der Waals surface area (Å²) in [5.74, 6) is 0.331. The van der Waals surface area contributed by atoms with Gasteiger partial charge in [0.05, 0.1) is 12.4 Å². The van der Waals surface area contributed by atoms with Gasteiger partial charge < -0.3 is 15.2 Å². The van der Waals surface area contributed by atoms with Gasteiger partial charge in [-0.05, 0) is 31.7 Å². The van der Waals surface area contributed by atoms with Crippen LogP contribution in [0.25, 0.3) is 0 Å². The van der Waals surface area contributed by atoms with Gasteiger partial charge in [0.15, 0.2) is 0 Å². The fourth-order valence-electron chi connectivity index (χ4n) is 2.80. The molecule has 21 heavy (non-hydrogen) atoms. The first-order valence-electron chi connectivity index (χ1n) is 7.86. The van der Waals surface area contributed by atoms with Crippen LogP contribution < -0.4 is 10.6 Å². The van der Waals surface area contributed by atoms with Crippen LogP contribution >= 0.6 is 0 Å². The van der Waals surface area contributed by atoms with Crippen molar-refractivity contribution >= 4 is 5.91 Å². The summed E-state index contributed by atoms with van der Waals surface area (Å²) in [6.07, 6.45) is 7.37. The highest BCUT2D eigenvalue weighted by Crippen LogP contribution is 2.23. The molecule has 0 saturated carbocycles. The van der Waals surface area contributed by atoms with Crippen LogP contribution in [-0.2, 0) is 11.3 Å². The summed E-state index contributed by atoms with van der Waals surface area (Å²) >= 11 is 0. The molecular weight excluding hydrogens is 264 g/mol. The molecule has 3 atom stereocenters. The smallest absolute Gasteiger partial charge is 0.223 e. The number of nitrogens with zero attached hydrogens (tertiary/aromatic N) is 2. The lowest BCUT2D eigenvalue weighted by Gasteiger charge is -2.34. The maximum absolute atomic E-state index is 12.6. The normalized spacial score (nSPS) is 24.6. The zero-order chi connectivity index (χ0) is 15.5. The first-order chi connectivity index (χ1) is 9.86. The molecule has 0 spiro atoms. The standard InChI is InChI=1S/C16H28N4O/c1-12-9-13(5-6-18-12)15(21)19-14(16(2,3)4)10-20-8-7-17-11-20/h7-8,11-14,18H,5-6,9-10H2,1-4H3,(H,19,21). The van der Waals surface area contributed by atoms with E-state index in [1.165, 1.54) is 0 Å². The van der Waals surface area contributed by atoms with Crippen LogP contribution in [0.5, 0.6) is 0 Å². The van der Waals surface area contributed by atoms with E-state index in [1.54, 1.807) is 12.5 Å². The van der Waals surface area contributed by atoms with Crippen LogP contribution in [0.3, 0.4) is 0 Å². The third kappa shape index (κ3) is 4.56. The molecule has 2 N–H and O–H groups in total. The van der Waals surface area contributed by atoms with Crippen LogP contribution in [0.4, 0.5) is 0 Å². The summed E-state index contributed by atoms with van der Waals surface area (Å²) in [6.45, 7) is 10.3. The molecule has 1 fully saturated rings. The molecule has 3 unspecified atom stereocenters. The Balaban J connectivity index is 1.99. The van der Waals surface area contributed by atoms with Crippen molar-refractivity contribution in [3.8, 4) is 0 Å². The van der Waals surface area contributed by atoms with E-state index >= 15 is 0 Å². The molecular formula is C16H28N4O. The molecule has 0 aromatic carbocycles. The first-order valence-corrected chi connectivity index (χ1v) is 7.86. The molecule has 2 rings (SSSR count). The highest BCUT2D eigenvalue weighted by molar-refractivity contribution is 5.79. The van der Waals surface area contributed by atoms with Gasteiger partial charge in [-0.2, -0.15) is 0 Å². The van der Waals surface area contributed by atoms with E-state index in [-0.39, 0.29) is 23.3 Å². The molecule has 0 bridgehead atoms. The van der Waals surface area contributed by atoms with Crippen LogP contribution in [0.15, 0.2) is 18.7 Å². The number of hydrogen-bond donors (Lipinski definition) is 2. The van der Waals surface area contributed by atoms with Gasteiger partial charge in [0.25, 0.3) is 0 Å². The first kappa shape index (κ1) is 16.0. The number of carbonyl (C=O) groups is 1. The van der Waals surface area contributed by atoms with Gasteiger partial charge in [-0.25, -0.2) is 4.98 Å². The van der Waals surface area contributed by atoms with Gasteiger partial charge in [0.2, 0.25) is 5.91 Å². The average molecular weight is 292 g/mol. The van der Waals surface area contributed by atoms with Gasteiger partial charge >= 0.3 is 0 Å². The van der Waals surface area contributed by atoms with E-state index in [2.05, 4.69) is 43.3 Å². The quantitative estimate of drug-likeness (QED) is 0.889. The number of rotatable bonds is 4. The van der Waals surface area contributed by atoms with E-state index in [0.717, 1.165) is 25.9 Å². The second-order valence-electron chi connectivity index (χ2n) is 7.26. The van der Waals surface area contributed by atoms with Crippen molar-refractivity contribution in [1.29, 1.82) is 0 Å². The van der Waals surface area contributed by atoms with Crippen molar-refractivity contribution in [2.75, 3.05) is 6.54 Å². The molecule has 5 nitrogen and oxygen atoms in total. The Hall–Kier alpha value is -1.36. The van der Waals surface area contributed by atoms with E-state index in [1.807, 2.05) is 10.8 Å². The number of carbonyl (C=O) groups excluding carboxylic acids is 1. The van der Waals surface area contributed by atoms with E-state index in [0.29, 0.717) is 6.04 Å². The van der Waals surface area contributed by atoms with Gasteiger partial charge in [-0.3, -0.25) is 4.79 Å². The number of aromatic nitrogens is 2. The maximum Gasteiger partial charge on any atom is 0.223 e. The Bertz CT molecular complexity index is 449. The number of imidazole rings is 1. The zero-order valence-corrected chi connectivity index (χ0v) is 13.6. The maximum atomic E-state index is 12.6. The van der Waals surface area contributed by atoms with Crippen LogP contribution in [0, 0.1) is 11.3 Å². The second-order valence-corrected chi connectivity index (χ2v) is 7.26. The Labute approximate surface area is 127 Å². The average Bonchev–Trinajstić information content (AvgIpc) is 2.89. The summed E-state index contributed by atoms with van der Waals surface area (Å²) in [4.78, 5) is 16.6. The van der Waals surface area contributed by atoms with Crippen LogP contribution in [0.1, 0.15) is 40.5 Å². The fourth-order valence-corrected chi connectivity index (χ4v) is 2.80. The van der Waals surface area contributed by atoms with E-state index in [9.17, 15) is 4.79 Å². The van der Waals surface area contributed by atoms with Gasteiger partial charge in [-0.15, -0.1) is 0 Å². The molecule has 118 valence electrons. The van der Waals surface area contributed by atoms with Gasteiger partial charge in [0, 0.05) is 30.9 Å². The SMILES string of the molecule is CC1CC(C(=O)NC(Cn2ccnc2)C(C)(C)C)CCN1. The molecule has 1 aromatic heterocycles. The summed E-state index contributed by atoms with van der Waals surface area (Å²) in [6, 6.07) is 0.528. The highest BCUT2D eigenvalue weighted by Gasteiger charge is 2.31. The van der Waals surface area contributed by atoms with Crippen molar-refractivity contribution in [3.63, 3.8) is 0 Å². The van der Waals surface area contributed by atoms with Crippen molar-refractivity contribution in [2.24, 2.45) is 11.3 Å². The summed E-state index contributed by atoms with van der Waals surface area (Å²) in [5, 5.41) is 6.66. The molecule has 1 saturated heterocycles. The minimum atomic E-state index is 0.0124. The number of hydrogen-bond acceptors (Lipinski definition) is 3. The molecule has 5 heteroatoms. The fraction of sp³-hybridized carbons (Fsp3) is 0.750. The van der Waals surface area contributed by atoms with Crippen molar-refractivity contribution in [3.05, 3.63) is 18.7 Å². The predicted molar refractivity (Wildman–Crippen MR) is 83.8 cm³/mol. The number of nitrogens with one attached hydrogen (secondary N) is 2. The lowest BCUT2D eigenvalue weighted by atomic mass is 9.85. The monoisotopic (exact) mass is 292 g/mol. The zero-order valence-electron chi connectivity index (χ0n) is 13.6. The van der Waals surface area contributed by atoms with Gasteiger partial charge in [-0.1, -0.05) is 20.8 Å². The lowest BCUT2D eigenvalue weighted by molar-refractivity contribution is -0.127. The Morgan fingerprint density at radius 2 is 2.29 bits per heavy atom. The molecule has 1 aliphatic heterocycles. The molecule has 1 aliphatic rings. The Kier molecular flexibility index (Phi) is 5.04. The molecule has 1 amide bonds. The van der Waals surface area contributed by atoms with Crippen molar-refractivity contribution < 1.29 is 4.79 Å². The Morgan fingerprint density at radius 3 is 2.86 bits per heavy atom. The molecule has 2 heterocycles. The summed E-state index contributed by atoms with van der Waals surface area (Å²) < 4.78 is 2.03. The number of piperidine rings is 1. The second kappa shape index (κ2) is 6.60. The third-order valence-corrected chi connectivity index (χ3v) is 4.31. The van der Waals surface area contributed by atoms with E-state index in [4.69, 9.17) is 0 Å². The van der Waals surface area contributed by atoms with Gasteiger partial charge in [0.1, 0.15) is 0 Å². The molecule has 1 aromatic rings. The number of amides is 1.